The molecule has 6 N–H and O–H groups in total. The Labute approximate surface area is 113 Å². The zero-order valence-corrected chi connectivity index (χ0v) is 9.95. The molecular formula is C11H6F6N4. The molecule has 0 aliphatic rings. The molecule has 10 heteroatoms. The number of nitrogens with zero attached hydrogens (tertiary/aromatic N) is 1. The molecule has 0 amide bonds. The number of anilines is 3. The molecule has 112 valence electrons. The second-order valence-electron chi connectivity index (χ2n) is 3.93. The van der Waals surface area contributed by atoms with E-state index >= 15 is 0 Å². The molecule has 1 heterocycles. The Bertz CT molecular complexity index is 706. The van der Waals surface area contributed by atoms with Gasteiger partial charge in [0.2, 0.25) is 0 Å². The highest BCUT2D eigenvalue weighted by atomic mass is 19.2. The van der Waals surface area contributed by atoms with Crippen LogP contribution in [0, 0.1) is 34.9 Å². The third-order valence-electron chi connectivity index (χ3n) is 2.68. The Morgan fingerprint density at radius 3 is 1.24 bits per heavy atom. The van der Waals surface area contributed by atoms with E-state index in [4.69, 9.17) is 17.2 Å². The van der Waals surface area contributed by atoms with Crippen LogP contribution in [-0.4, -0.2) is 4.98 Å². The molecule has 2 rings (SSSR count). The standard InChI is InChI=1S/C11H6F6N4/c12-3-1(4(13)8(17)9(18)7(3)16)2-5(14)10(19)21-11(20)6(2)15/h18H2,(H4,19,20,21). The molecule has 4 nitrogen and oxygen atoms in total. The van der Waals surface area contributed by atoms with Crippen LogP contribution in [0.1, 0.15) is 0 Å². The monoisotopic (exact) mass is 308 g/mol. The lowest BCUT2D eigenvalue weighted by Crippen LogP contribution is -2.11. The molecule has 0 aliphatic heterocycles. The fourth-order valence-corrected chi connectivity index (χ4v) is 1.67. The van der Waals surface area contributed by atoms with Crippen LogP contribution in [0.2, 0.25) is 0 Å². The minimum Gasteiger partial charge on any atom is -0.394 e. The summed E-state index contributed by atoms with van der Waals surface area (Å²) in [5.74, 6) is -13.6. The summed E-state index contributed by atoms with van der Waals surface area (Å²) in [5, 5.41) is 0. The summed E-state index contributed by atoms with van der Waals surface area (Å²) in [5.41, 5.74) is 10.3. The third-order valence-corrected chi connectivity index (χ3v) is 2.68. The van der Waals surface area contributed by atoms with E-state index < -0.39 is 63.4 Å². The highest BCUT2D eigenvalue weighted by Gasteiger charge is 2.30. The Kier molecular flexibility index (Phi) is 3.32. The molecule has 21 heavy (non-hydrogen) atoms. The van der Waals surface area contributed by atoms with Gasteiger partial charge in [0, 0.05) is 0 Å². The lowest BCUT2D eigenvalue weighted by molar-refractivity contribution is 0.461. The van der Waals surface area contributed by atoms with Gasteiger partial charge in [-0.15, -0.1) is 0 Å². The molecule has 0 bridgehead atoms. The summed E-state index contributed by atoms with van der Waals surface area (Å²) in [4.78, 5) is 3.03. The average molecular weight is 308 g/mol. The molecule has 0 saturated carbocycles. The van der Waals surface area contributed by atoms with Crippen LogP contribution in [0.5, 0.6) is 0 Å². The van der Waals surface area contributed by atoms with E-state index in [1.807, 2.05) is 0 Å². The Hall–Kier alpha value is -2.65. The quantitative estimate of drug-likeness (QED) is 0.428. The van der Waals surface area contributed by atoms with Crippen molar-refractivity contribution in [3.8, 4) is 11.1 Å². The first-order valence-corrected chi connectivity index (χ1v) is 5.20. The predicted molar refractivity (Wildman–Crippen MR) is 62.7 cm³/mol. The normalized spacial score (nSPS) is 11.0. The average Bonchev–Trinajstić information content (AvgIpc) is 2.44. The number of aromatic nitrogens is 1. The van der Waals surface area contributed by atoms with Crippen molar-refractivity contribution in [2.75, 3.05) is 17.2 Å². The van der Waals surface area contributed by atoms with Crippen LogP contribution in [0.4, 0.5) is 43.7 Å². The topological polar surface area (TPSA) is 90.9 Å². The van der Waals surface area contributed by atoms with Crippen molar-refractivity contribution < 1.29 is 26.3 Å². The van der Waals surface area contributed by atoms with Gasteiger partial charge in [0.05, 0.1) is 11.1 Å². The fraction of sp³-hybridized carbons (Fsp3) is 0. The Morgan fingerprint density at radius 1 is 0.524 bits per heavy atom. The van der Waals surface area contributed by atoms with Gasteiger partial charge in [-0.2, -0.15) is 0 Å². The second kappa shape index (κ2) is 4.72. The highest BCUT2D eigenvalue weighted by Crippen LogP contribution is 2.38. The number of nitrogen functional groups attached to an aromatic ring is 3. The maximum atomic E-state index is 13.8. The van der Waals surface area contributed by atoms with E-state index in [9.17, 15) is 26.3 Å². The first-order valence-electron chi connectivity index (χ1n) is 5.20. The van der Waals surface area contributed by atoms with E-state index in [1.165, 1.54) is 0 Å². The first-order chi connectivity index (χ1) is 9.68. The van der Waals surface area contributed by atoms with Crippen molar-refractivity contribution in [3.63, 3.8) is 0 Å². The maximum absolute atomic E-state index is 13.8. The van der Waals surface area contributed by atoms with Crippen molar-refractivity contribution in [1.82, 2.24) is 4.98 Å². The van der Waals surface area contributed by atoms with Crippen molar-refractivity contribution in [2.45, 2.75) is 0 Å². The van der Waals surface area contributed by atoms with Crippen LogP contribution in [-0.2, 0) is 0 Å². The number of rotatable bonds is 1. The SMILES string of the molecule is Nc1nc(N)c(F)c(-c2c(F)c(F)c(N)c(F)c2F)c1F. The van der Waals surface area contributed by atoms with Gasteiger partial charge in [-0.3, -0.25) is 0 Å². The van der Waals surface area contributed by atoms with Crippen LogP contribution < -0.4 is 17.2 Å². The van der Waals surface area contributed by atoms with Gasteiger partial charge >= 0.3 is 0 Å². The zero-order chi connectivity index (χ0) is 16.1. The highest BCUT2D eigenvalue weighted by molar-refractivity contribution is 5.74. The number of halogens is 6. The molecule has 1 aromatic carbocycles. The zero-order valence-electron chi connectivity index (χ0n) is 9.95. The lowest BCUT2D eigenvalue weighted by Gasteiger charge is -2.13. The van der Waals surface area contributed by atoms with Crippen molar-refractivity contribution in [1.29, 1.82) is 0 Å². The van der Waals surface area contributed by atoms with Gasteiger partial charge in [-0.1, -0.05) is 0 Å². The van der Waals surface area contributed by atoms with Crippen molar-refractivity contribution in [3.05, 3.63) is 34.9 Å². The lowest BCUT2D eigenvalue weighted by atomic mass is 10.0. The van der Waals surface area contributed by atoms with Gasteiger partial charge in [0.1, 0.15) is 5.69 Å². The number of pyridine rings is 1. The van der Waals surface area contributed by atoms with Gasteiger partial charge in [-0.05, 0) is 0 Å². The summed E-state index contributed by atoms with van der Waals surface area (Å²) < 4.78 is 81.7. The van der Waals surface area contributed by atoms with E-state index in [-0.39, 0.29) is 0 Å². The fourth-order valence-electron chi connectivity index (χ4n) is 1.67. The van der Waals surface area contributed by atoms with Crippen LogP contribution >= 0.6 is 0 Å². The molecule has 1 aromatic heterocycles. The Balaban J connectivity index is 3.00. The predicted octanol–water partition coefficient (Wildman–Crippen LogP) is 2.33. The molecule has 0 atom stereocenters. The number of benzene rings is 1. The van der Waals surface area contributed by atoms with Gasteiger partial charge in [0.25, 0.3) is 0 Å². The molecule has 0 fully saturated rings. The molecule has 0 aliphatic carbocycles. The smallest absolute Gasteiger partial charge is 0.185 e. The van der Waals surface area contributed by atoms with Crippen LogP contribution in [0.3, 0.4) is 0 Å². The second-order valence-corrected chi connectivity index (χ2v) is 3.93. The molecular weight excluding hydrogens is 302 g/mol. The maximum Gasteiger partial charge on any atom is 0.185 e. The third kappa shape index (κ3) is 1.99. The summed E-state index contributed by atoms with van der Waals surface area (Å²) in [6.07, 6.45) is 0. The first kappa shape index (κ1) is 14.8. The largest absolute Gasteiger partial charge is 0.394 e. The summed E-state index contributed by atoms with van der Waals surface area (Å²) in [6, 6.07) is 0. The summed E-state index contributed by atoms with van der Waals surface area (Å²) in [7, 11) is 0. The van der Waals surface area contributed by atoms with Crippen molar-refractivity contribution in [2.24, 2.45) is 0 Å². The number of hydrogen-bond acceptors (Lipinski definition) is 4. The number of hydrogen-bond donors (Lipinski definition) is 3. The van der Waals surface area contributed by atoms with Crippen LogP contribution in [0.15, 0.2) is 0 Å². The van der Waals surface area contributed by atoms with Crippen molar-refractivity contribution >= 4 is 17.3 Å². The number of nitrogens with two attached hydrogens (primary N) is 3. The van der Waals surface area contributed by atoms with E-state index in [0.29, 0.717) is 0 Å². The van der Waals surface area contributed by atoms with Gasteiger partial charge in [-0.25, -0.2) is 31.3 Å². The van der Waals surface area contributed by atoms with Gasteiger partial charge in [0.15, 0.2) is 46.5 Å². The van der Waals surface area contributed by atoms with Crippen LogP contribution in [0.25, 0.3) is 11.1 Å². The van der Waals surface area contributed by atoms with E-state index in [2.05, 4.69) is 4.98 Å². The van der Waals surface area contributed by atoms with E-state index in [0.717, 1.165) is 0 Å². The molecule has 0 radical (unpaired) electrons. The van der Waals surface area contributed by atoms with Gasteiger partial charge < -0.3 is 17.2 Å². The Morgan fingerprint density at radius 2 is 0.857 bits per heavy atom. The molecule has 2 aromatic rings. The summed E-state index contributed by atoms with van der Waals surface area (Å²) >= 11 is 0. The summed E-state index contributed by atoms with van der Waals surface area (Å²) in [6.45, 7) is 0. The minimum absolute atomic E-state index is 1.000. The molecule has 0 spiro atoms. The molecule has 0 saturated heterocycles. The van der Waals surface area contributed by atoms with E-state index in [1.54, 1.807) is 0 Å². The molecule has 0 unspecified atom stereocenters. The minimum atomic E-state index is -2.09.